The van der Waals surface area contributed by atoms with Gasteiger partial charge in [0.05, 0.1) is 30.2 Å². The van der Waals surface area contributed by atoms with Gasteiger partial charge in [0, 0.05) is 76.7 Å². The summed E-state index contributed by atoms with van der Waals surface area (Å²) >= 11 is 0. The highest BCUT2D eigenvalue weighted by Gasteiger charge is 2.76. The summed E-state index contributed by atoms with van der Waals surface area (Å²) in [7, 11) is 0. The normalized spacial score (nSPS) is 24.8. The molecule has 2 aliphatic carbocycles. The lowest BCUT2D eigenvalue weighted by Gasteiger charge is -2.41. The number of allylic oxidation sites excluding steroid dienone is 1. The second-order valence-electron chi connectivity index (χ2n) is 22.4. The van der Waals surface area contributed by atoms with Crippen LogP contribution in [0.2, 0.25) is 0 Å². The molecule has 3 rings (SSSR count). The predicted molar refractivity (Wildman–Crippen MR) is 292 cm³/mol. The Morgan fingerprint density at radius 1 is 0.678 bits per heavy atom. The van der Waals surface area contributed by atoms with E-state index in [0.29, 0.717) is 12.8 Å². The zero-order valence-electron chi connectivity index (χ0n) is 49.5. The number of hydrogen-bond acceptors (Lipinski definition) is 23. The summed E-state index contributed by atoms with van der Waals surface area (Å²) in [6.07, 6.45) is -12.4. The summed E-state index contributed by atoms with van der Waals surface area (Å²) < 4.78 is 29.3. The fourth-order valence-electron chi connectivity index (χ4n) is 10.7. The van der Waals surface area contributed by atoms with Crippen LogP contribution in [-0.4, -0.2) is 184 Å². The lowest BCUT2D eigenvalue weighted by molar-refractivity contribution is -0.212. The number of carbonyl (C=O) groups is 15. The SMILES string of the molecule is C/C=C(/C)C(=O)O[C@H]1C(C)=C2[C@H]([C@@H]1OC(=O)CCCCC)[C@@](C)(OC(C)=O)C[C@H](OC(=O)CCC(=O)C[C@H](N)C(=O)N[C@@H](CCC(=O)C[C@@H](CCC(=O)N[C@@H](CCC(=O)C[C@@H](CCC(=O)O)C(=O)O)C(=O)O)C(=O)O)C(=O)O)[C@@]1(O)[C@H]2OC(=O)[C@@]1(C)O. The van der Waals surface area contributed by atoms with Gasteiger partial charge in [-0.15, -0.1) is 0 Å². The average Bonchev–Trinajstić information content (AvgIpc) is 1.54. The van der Waals surface area contributed by atoms with Crippen LogP contribution < -0.4 is 16.4 Å². The standard InChI is InChI=1S/C57H79N3O27/c1-8-10-11-12-41(68)84-46-44-43(28(4)45(46)85-53(79)27(3)9-2)47-57(82,56(7,81)54(80)86-47)38(26-55(44,6)87-29(5)61)83-42(69)22-17-34(64)25-35(58)48(70)60-37(52(77)78)19-16-33(63)23-30(49(71)72)13-20-39(65)59-36(51(75)76)18-15-32(62)24-31(50(73)74)14-21-40(66)67/h9,30-31,35-38,44-47,81-82H,8,10-26,58H2,1-7H3,(H,59,65)(H,60,70)(H,66,67)(H,71,72)(H,73,74)(H,75,76)(H,77,78)/b27-9-/t30-,31-,35+,36+,37+,38+,44-,45+,46+,47+,55+,56-,57-/m1/s1. The Bertz CT molecular complexity index is 2750. The van der Waals surface area contributed by atoms with Crippen molar-refractivity contribution in [3.05, 3.63) is 22.8 Å². The lowest BCUT2D eigenvalue weighted by Crippen LogP contribution is -2.64. The van der Waals surface area contributed by atoms with Crippen molar-refractivity contribution >= 4 is 88.9 Å². The Labute approximate surface area is 499 Å². The summed E-state index contributed by atoms with van der Waals surface area (Å²) in [6, 6.07) is -5.25. The summed E-state index contributed by atoms with van der Waals surface area (Å²) in [5, 5.41) is 76.0. The van der Waals surface area contributed by atoms with Crippen molar-refractivity contribution in [2.75, 3.05) is 0 Å². The van der Waals surface area contributed by atoms with Crippen molar-refractivity contribution in [2.45, 2.75) is 223 Å². The van der Waals surface area contributed by atoms with Gasteiger partial charge in [-0.2, -0.15) is 0 Å². The number of carboxylic acids is 5. The number of carboxylic acid groups (broad SMARTS) is 5. The first kappa shape index (κ1) is 73.3. The Hall–Kier alpha value is -7.99. The molecule has 3 aliphatic rings. The summed E-state index contributed by atoms with van der Waals surface area (Å²) in [5.41, 5.74) is -1.71. The maximum atomic E-state index is 13.8. The molecule has 2 fully saturated rings. The average molecular weight is 1240 g/mol. The molecule has 0 spiro atoms. The molecule has 0 aromatic rings. The molecule has 30 heteroatoms. The van der Waals surface area contributed by atoms with Crippen molar-refractivity contribution in [1.82, 2.24) is 10.6 Å². The van der Waals surface area contributed by atoms with Gasteiger partial charge in [-0.1, -0.05) is 25.8 Å². The fraction of sp³-hybridized carbons (Fsp3) is 0.667. The number of carbonyl (C=O) groups excluding carboxylic acids is 10. The van der Waals surface area contributed by atoms with Gasteiger partial charge in [0.2, 0.25) is 11.8 Å². The Balaban J connectivity index is 1.69. The smallest absolute Gasteiger partial charge is 0.341 e. The number of fused-ring (bicyclic) bond motifs is 3. The van der Waals surface area contributed by atoms with Gasteiger partial charge >= 0.3 is 59.7 Å². The molecule has 0 bridgehead atoms. The van der Waals surface area contributed by atoms with Crippen LogP contribution >= 0.6 is 0 Å². The molecular formula is C57H79N3O27. The number of rotatable bonds is 37. The molecule has 1 saturated heterocycles. The van der Waals surface area contributed by atoms with E-state index in [2.05, 4.69) is 10.6 Å². The van der Waals surface area contributed by atoms with Crippen LogP contribution in [0.15, 0.2) is 22.8 Å². The topological polar surface area (TPSA) is 494 Å². The minimum atomic E-state index is -2.93. The van der Waals surface area contributed by atoms with E-state index in [9.17, 15) is 103 Å². The third-order valence-electron chi connectivity index (χ3n) is 15.7. The number of unbranched alkanes of at least 4 members (excludes halogenated alkanes) is 2. The number of aliphatic hydroxyl groups is 2. The van der Waals surface area contributed by atoms with E-state index in [0.717, 1.165) is 20.3 Å². The molecule has 484 valence electrons. The van der Waals surface area contributed by atoms with Gasteiger partial charge < -0.3 is 75.8 Å². The van der Waals surface area contributed by atoms with E-state index >= 15 is 0 Å². The van der Waals surface area contributed by atoms with E-state index in [-0.39, 0.29) is 29.6 Å². The molecule has 0 aromatic carbocycles. The molecule has 1 heterocycles. The molecular weight excluding hydrogens is 1160 g/mol. The fourth-order valence-corrected chi connectivity index (χ4v) is 10.7. The summed E-state index contributed by atoms with van der Waals surface area (Å²) in [4.78, 5) is 190. The quantitative estimate of drug-likeness (QED) is 0.0137. The number of nitrogens with one attached hydrogen (secondary N) is 2. The minimum absolute atomic E-state index is 0.0779. The Morgan fingerprint density at radius 3 is 1.71 bits per heavy atom. The second kappa shape index (κ2) is 32.1. The van der Waals surface area contributed by atoms with Crippen LogP contribution in [0.1, 0.15) is 164 Å². The van der Waals surface area contributed by atoms with Crippen molar-refractivity contribution < 1.29 is 131 Å². The van der Waals surface area contributed by atoms with Crippen LogP contribution in [0.3, 0.4) is 0 Å². The first-order valence-corrected chi connectivity index (χ1v) is 28.3. The molecule has 2 amide bonds. The molecule has 0 aromatic heterocycles. The monoisotopic (exact) mass is 1240 g/mol. The van der Waals surface area contributed by atoms with Crippen molar-refractivity contribution in [3.63, 3.8) is 0 Å². The zero-order valence-corrected chi connectivity index (χ0v) is 49.5. The van der Waals surface area contributed by atoms with E-state index in [1.54, 1.807) is 6.92 Å². The molecule has 0 radical (unpaired) electrons. The molecule has 30 nitrogen and oxygen atoms in total. The summed E-state index contributed by atoms with van der Waals surface area (Å²) in [5.74, 6) is -21.6. The first-order chi connectivity index (χ1) is 40.4. The number of aliphatic carboxylic acids is 5. The van der Waals surface area contributed by atoms with Gasteiger partial charge in [0.15, 0.2) is 29.5 Å². The molecule has 11 N–H and O–H groups in total. The number of ether oxygens (including phenoxy) is 5. The van der Waals surface area contributed by atoms with E-state index in [1.165, 1.54) is 26.8 Å². The highest BCUT2D eigenvalue weighted by Crippen LogP contribution is 2.57. The van der Waals surface area contributed by atoms with Crippen molar-refractivity contribution in [1.29, 1.82) is 0 Å². The summed E-state index contributed by atoms with van der Waals surface area (Å²) in [6.45, 7) is 9.63. The van der Waals surface area contributed by atoms with Crippen LogP contribution in [-0.2, 0) is 95.6 Å². The van der Waals surface area contributed by atoms with E-state index in [1.807, 2.05) is 6.92 Å². The Morgan fingerprint density at radius 2 is 1.21 bits per heavy atom. The van der Waals surface area contributed by atoms with Gasteiger partial charge in [0.25, 0.3) is 0 Å². The maximum Gasteiger partial charge on any atom is 0.341 e. The number of hydrogen-bond donors (Lipinski definition) is 10. The van der Waals surface area contributed by atoms with Crippen LogP contribution in [0.4, 0.5) is 0 Å². The number of ketones is 3. The number of Topliss-reactive ketones (excluding diaryl/α,β-unsaturated/α-hetero) is 3. The van der Waals surface area contributed by atoms with Gasteiger partial charge in [-0.3, -0.25) is 52.7 Å². The van der Waals surface area contributed by atoms with Crippen molar-refractivity contribution in [2.24, 2.45) is 23.5 Å². The second-order valence-corrected chi connectivity index (χ2v) is 22.4. The number of amides is 2. The number of nitrogens with two attached hydrogens (primary N) is 1. The third kappa shape index (κ3) is 19.8. The highest BCUT2D eigenvalue weighted by molar-refractivity contribution is 5.93. The zero-order chi connectivity index (χ0) is 66.1. The van der Waals surface area contributed by atoms with Crippen molar-refractivity contribution in [3.8, 4) is 0 Å². The lowest BCUT2D eigenvalue weighted by atomic mass is 9.75. The van der Waals surface area contributed by atoms with Gasteiger partial charge in [-0.05, 0) is 77.9 Å². The van der Waals surface area contributed by atoms with Gasteiger partial charge in [0.1, 0.15) is 41.1 Å². The van der Waals surface area contributed by atoms with E-state index < -0.39 is 249 Å². The van der Waals surface area contributed by atoms with Crippen LogP contribution in [0, 0.1) is 17.8 Å². The molecule has 13 atom stereocenters. The van der Waals surface area contributed by atoms with E-state index in [4.69, 9.17) is 34.5 Å². The molecule has 0 unspecified atom stereocenters. The molecule has 87 heavy (non-hydrogen) atoms. The highest BCUT2D eigenvalue weighted by atomic mass is 16.6. The third-order valence-corrected chi connectivity index (χ3v) is 15.7. The van der Waals surface area contributed by atoms with Crippen LogP contribution in [0.5, 0.6) is 0 Å². The first-order valence-electron chi connectivity index (χ1n) is 28.3. The molecule has 1 saturated carbocycles. The van der Waals surface area contributed by atoms with Gasteiger partial charge in [-0.25, -0.2) is 19.2 Å². The number of esters is 5. The predicted octanol–water partition coefficient (Wildman–Crippen LogP) is 1.08. The minimum Gasteiger partial charge on any atom is -0.481 e. The Kier molecular flexibility index (Phi) is 27.1. The van der Waals surface area contributed by atoms with Crippen LogP contribution in [0.25, 0.3) is 0 Å². The molecule has 1 aliphatic heterocycles. The largest absolute Gasteiger partial charge is 0.481 e. The maximum absolute atomic E-state index is 13.8.